The molecule has 0 fully saturated rings. The lowest BCUT2D eigenvalue weighted by molar-refractivity contribution is 0.0682. The van der Waals surface area contributed by atoms with Crippen LogP contribution in [-0.2, 0) is 0 Å². The summed E-state index contributed by atoms with van der Waals surface area (Å²) >= 11 is 12.3. The Labute approximate surface area is 336 Å². The molecule has 0 atom stereocenters. The second-order valence-corrected chi connectivity index (χ2v) is 15.7. The zero-order chi connectivity index (χ0) is 38.7. The first-order valence-corrected chi connectivity index (χ1v) is 21.7. The fraction of sp³-hybridized carbons (Fsp3) is 0.644. The highest BCUT2D eigenvalue weighted by Gasteiger charge is 2.20. The van der Waals surface area contributed by atoms with E-state index in [9.17, 15) is 30.0 Å². The molecule has 0 amide bonds. The number of allylic oxidation sites excluding steroid dienone is 1. The van der Waals surface area contributed by atoms with E-state index in [4.69, 9.17) is 23.2 Å². The predicted molar refractivity (Wildman–Crippen MR) is 227 cm³/mol. The Kier molecular flexibility index (Phi) is 27.8. The Morgan fingerprint density at radius 3 is 1.00 bits per heavy atom. The van der Waals surface area contributed by atoms with Crippen molar-refractivity contribution in [1.82, 2.24) is 6.15 Å². The van der Waals surface area contributed by atoms with Gasteiger partial charge in [-0.2, -0.15) is 0 Å². The second kappa shape index (κ2) is 30.5. The number of benzene rings is 2. The number of halogens is 2. The smallest absolute Gasteiger partial charge is 0.339 e. The van der Waals surface area contributed by atoms with Gasteiger partial charge in [-0.3, -0.25) is 0 Å². The van der Waals surface area contributed by atoms with Gasteiger partial charge in [0.05, 0.1) is 10.0 Å². The predicted octanol–water partition coefficient (Wildman–Crippen LogP) is 15.3. The largest absolute Gasteiger partial charge is 0.505 e. The molecule has 0 aliphatic carbocycles. The molecule has 7 nitrogen and oxygen atoms in total. The maximum atomic E-state index is 11.7. The van der Waals surface area contributed by atoms with E-state index in [1.165, 1.54) is 178 Å². The summed E-state index contributed by atoms with van der Waals surface area (Å²) in [6.07, 6.45) is 38.9. The number of hydrogen-bond donors (Lipinski definition) is 5. The molecule has 0 aliphatic rings. The molecule has 0 saturated carbocycles. The summed E-state index contributed by atoms with van der Waals surface area (Å²) in [5.74, 6) is -3.76. The van der Waals surface area contributed by atoms with Crippen LogP contribution >= 0.6 is 23.2 Å². The van der Waals surface area contributed by atoms with Crippen molar-refractivity contribution in [3.63, 3.8) is 0 Å². The number of rotatable bonds is 32. The highest BCUT2D eigenvalue weighted by Crippen LogP contribution is 2.38. The number of aromatic hydroxyl groups is 2. The monoisotopic (exact) mass is 791 g/mol. The Morgan fingerprint density at radius 2 is 0.741 bits per heavy atom. The minimum absolute atomic E-state index is 0. The van der Waals surface area contributed by atoms with Crippen molar-refractivity contribution in [2.75, 3.05) is 0 Å². The van der Waals surface area contributed by atoms with Gasteiger partial charge in [-0.05, 0) is 53.8 Å². The second-order valence-electron chi connectivity index (χ2n) is 14.9. The van der Waals surface area contributed by atoms with Crippen molar-refractivity contribution < 1.29 is 30.0 Å². The van der Waals surface area contributed by atoms with Gasteiger partial charge in [0.15, 0.2) is 0 Å². The third-order valence-corrected chi connectivity index (χ3v) is 10.9. The van der Waals surface area contributed by atoms with Crippen molar-refractivity contribution in [2.45, 2.75) is 187 Å². The molecule has 0 aliphatic heterocycles. The third kappa shape index (κ3) is 20.3. The lowest BCUT2D eigenvalue weighted by Gasteiger charge is -2.14. The SMILES string of the molecule is CCCCCCCCCCCCCCCCCCCCCCCCCCCCCC=C(c1cc(Cl)c(O)c(C(=O)O)c1)c1cc(Cl)c(O)c(C(=O)O)c1.N. The van der Waals surface area contributed by atoms with Gasteiger partial charge >= 0.3 is 11.9 Å². The van der Waals surface area contributed by atoms with Gasteiger partial charge in [0.25, 0.3) is 0 Å². The topological polar surface area (TPSA) is 150 Å². The highest BCUT2D eigenvalue weighted by molar-refractivity contribution is 6.33. The van der Waals surface area contributed by atoms with E-state index in [2.05, 4.69) is 6.92 Å². The van der Waals surface area contributed by atoms with Gasteiger partial charge < -0.3 is 26.6 Å². The molecule has 0 saturated heterocycles. The zero-order valence-electron chi connectivity index (χ0n) is 33.3. The quantitative estimate of drug-likeness (QED) is 0.0463. The molecule has 0 spiro atoms. The first-order valence-electron chi connectivity index (χ1n) is 20.9. The maximum Gasteiger partial charge on any atom is 0.339 e. The van der Waals surface area contributed by atoms with Gasteiger partial charge in [-0.25, -0.2) is 9.59 Å². The van der Waals surface area contributed by atoms with Gasteiger partial charge in [0.2, 0.25) is 0 Å². The normalized spacial score (nSPS) is 11.0. The molecule has 0 aromatic heterocycles. The van der Waals surface area contributed by atoms with Gasteiger partial charge in [-0.1, -0.05) is 203 Å². The first-order chi connectivity index (χ1) is 25.7. The van der Waals surface area contributed by atoms with Crippen LogP contribution in [0.25, 0.3) is 5.57 Å². The van der Waals surface area contributed by atoms with Gasteiger partial charge in [-0.15, -0.1) is 0 Å². The number of carboxylic acids is 2. The van der Waals surface area contributed by atoms with Crippen LogP contribution in [0, 0.1) is 0 Å². The first kappa shape index (κ1) is 49.3. The van der Waals surface area contributed by atoms with Gasteiger partial charge in [0.1, 0.15) is 22.6 Å². The molecule has 9 heteroatoms. The lowest BCUT2D eigenvalue weighted by atomic mass is 9.93. The fourth-order valence-electron chi connectivity index (χ4n) is 7.12. The molecule has 306 valence electrons. The molecular formula is C45H71Cl2NO6. The molecule has 2 rings (SSSR count). The van der Waals surface area contributed by atoms with Crippen LogP contribution < -0.4 is 6.15 Å². The summed E-state index contributed by atoms with van der Waals surface area (Å²) in [5.41, 5.74) is 0.588. The summed E-state index contributed by atoms with van der Waals surface area (Å²) in [6, 6.07) is 5.49. The van der Waals surface area contributed by atoms with E-state index in [-0.39, 0.29) is 27.3 Å². The van der Waals surface area contributed by atoms with Gasteiger partial charge in [0, 0.05) is 0 Å². The van der Waals surface area contributed by atoms with E-state index in [1.54, 1.807) is 0 Å². The van der Waals surface area contributed by atoms with Crippen LogP contribution in [0.1, 0.15) is 219 Å². The maximum absolute atomic E-state index is 11.7. The van der Waals surface area contributed by atoms with Crippen molar-refractivity contribution in [3.05, 3.63) is 62.6 Å². The molecule has 2 aromatic rings. The third-order valence-electron chi connectivity index (χ3n) is 10.4. The molecule has 0 unspecified atom stereocenters. The average molecular weight is 793 g/mol. The van der Waals surface area contributed by atoms with Crippen LogP contribution in [0.15, 0.2) is 30.3 Å². The summed E-state index contributed by atoms with van der Waals surface area (Å²) in [7, 11) is 0. The molecule has 54 heavy (non-hydrogen) atoms. The highest BCUT2D eigenvalue weighted by atomic mass is 35.5. The summed E-state index contributed by atoms with van der Waals surface area (Å²) in [6.45, 7) is 2.29. The number of carboxylic acid groups (broad SMARTS) is 2. The number of phenols is 2. The Hall–Kier alpha value is -2.74. The summed E-state index contributed by atoms with van der Waals surface area (Å²) in [5, 5.41) is 39.2. The zero-order valence-corrected chi connectivity index (χ0v) is 34.8. The molecule has 7 N–H and O–H groups in total. The number of unbranched alkanes of at least 4 members (excludes halogenated alkanes) is 27. The minimum Gasteiger partial charge on any atom is -0.505 e. The molecule has 0 bridgehead atoms. The number of carbonyl (C=O) groups is 2. The number of aromatic carboxylic acids is 2. The standard InChI is InChI=1S/C45H68Cl2O6.H3N/c1-2-3-4-5-6-7-8-9-10-11-12-13-14-15-16-17-18-19-20-21-22-23-24-25-26-27-28-29-30-37(35-31-38(44(50)51)42(48)40(46)33-35)36-32-39(45(52)53)43(49)41(47)34-36;/h30-34,48-49H,2-29H2,1H3,(H,50,51)(H,52,53);1H3. The molecule has 0 radical (unpaired) electrons. The van der Waals surface area contributed by atoms with E-state index in [0.717, 1.165) is 19.3 Å². The number of hydrogen-bond acceptors (Lipinski definition) is 5. The Bertz CT molecular complexity index is 1310. The van der Waals surface area contributed by atoms with Crippen molar-refractivity contribution in [3.8, 4) is 11.5 Å². The van der Waals surface area contributed by atoms with E-state index in [1.807, 2.05) is 6.08 Å². The van der Waals surface area contributed by atoms with Crippen LogP contribution in [-0.4, -0.2) is 32.4 Å². The summed E-state index contributed by atoms with van der Waals surface area (Å²) in [4.78, 5) is 23.5. The van der Waals surface area contributed by atoms with Crippen LogP contribution in [0.5, 0.6) is 11.5 Å². The Balaban J connectivity index is 0.0000146. The lowest BCUT2D eigenvalue weighted by Crippen LogP contribution is -2.02. The average Bonchev–Trinajstić information content (AvgIpc) is 3.13. The molecule has 0 heterocycles. The van der Waals surface area contributed by atoms with Crippen molar-refractivity contribution >= 4 is 40.7 Å². The van der Waals surface area contributed by atoms with Crippen LogP contribution in [0.4, 0.5) is 0 Å². The Morgan fingerprint density at radius 1 is 0.481 bits per heavy atom. The van der Waals surface area contributed by atoms with Crippen LogP contribution in [0.2, 0.25) is 10.0 Å². The van der Waals surface area contributed by atoms with E-state index < -0.39 is 23.4 Å². The van der Waals surface area contributed by atoms with E-state index in [0.29, 0.717) is 23.1 Å². The molecular weight excluding hydrogens is 721 g/mol. The van der Waals surface area contributed by atoms with Crippen molar-refractivity contribution in [2.24, 2.45) is 0 Å². The minimum atomic E-state index is -1.34. The van der Waals surface area contributed by atoms with Crippen molar-refractivity contribution in [1.29, 1.82) is 0 Å². The van der Waals surface area contributed by atoms with E-state index >= 15 is 0 Å². The summed E-state index contributed by atoms with van der Waals surface area (Å²) < 4.78 is 0. The fourth-order valence-corrected chi connectivity index (χ4v) is 7.56. The molecule has 2 aromatic carbocycles. The van der Waals surface area contributed by atoms with Crippen LogP contribution in [0.3, 0.4) is 0 Å².